The Bertz CT molecular complexity index is 548. The number of hydrogen-bond donors (Lipinski definition) is 0. The largest absolute Gasteiger partial charge is 0.437 e. The summed E-state index contributed by atoms with van der Waals surface area (Å²) in [6.07, 6.45) is -1.77. The van der Waals surface area contributed by atoms with Crippen LogP contribution in [-0.4, -0.2) is 15.0 Å². The first kappa shape index (κ1) is 12.6. The van der Waals surface area contributed by atoms with E-state index in [1.165, 1.54) is 18.5 Å². The van der Waals surface area contributed by atoms with E-state index in [1.54, 1.807) is 6.07 Å². The van der Waals surface area contributed by atoms with Gasteiger partial charge in [-0.25, -0.2) is 4.98 Å². The van der Waals surface area contributed by atoms with Crippen LogP contribution < -0.4 is 4.74 Å². The molecule has 0 unspecified atom stereocenters. The van der Waals surface area contributed by atoms with Crippen molar-refractivity contribution in [2.45, 2.75) is 6.18 Å². The third-order valence-corrected chi connectivity index (χ3v) is 1.99. The fourth-order valence-electron chi connectivity index (χ4n) is 1.12. The molecule has 0 aliphatic heterocycles. The fraction of sp³-hybridized carbons (Fsp3) is 0.100. The highest BCUT2D eigenvalue weighted by Gasteiger charge is 2.33. The van der Waals surface area contributed by atoms with Crippen molar-refractivity contribution in [3.05, 3.63) is 41.6 Å². The van der Waals surface area contributed by atoms with Crippen molar-refractivity contribution in [1.29, 1.82) is 0 Å². The van der Waals surface area contributed by atoms with Gasteiger partial charge in [0.05, 0.1) is 6.20 Å². The molecule has 2 aromatic heterocycles. The monoisotopic (exact) mass is 275 g/mol. The molecule has 0 fully saturated rings. The van der Waals surface area contributed by atoms with Crippen molar-refractivity contribution in [3.63, 3.8) is 0 Å². The second-order valence-electron chi connectivity index (χ2n) is 3.15. The molecule has 18 heavy (non-hydrogen) atoms. The van der Waals surface area contributed by atoms with Crippen LogP contribution in [0, 0.1) is 0 Å². The summed E-state index contributed by atoms with van der Waals surface area (Å²) in [6.45, 7) is 0. The number of ether oxygens (including phenoxy) is 1. The van der Waals surface area contributed by atoms with Gasteiger partial charge in [-0.1, -0.05) is 0 Å². The van der Waals surface area contributed by atoms with Crippen LogP contribution in [-0.2, 0) is 6.18 Å². The first-order chi connectivity index (χ1) is 8.45. The highest BCUT2D eigenvalue weighted by atomic mass is 35.5. The van der Waals surface area contributed by atoms with Crippen molar-refractivity contribution in [1.82, 2.24) is 15.0 Å². The Morgan fingerprint density at radius 3 is 2.61 bits per heavy atom. The van der Waals surface area contributed by atoms with Crippen LogP contribution in [0.1, 0.15) is 5.69 Å². The maximum atomic E-state index is 12.5. The third-order valence-electron chi connectivity index (χ3n) is 1.82. The minimum Gasteiger partial charge on any atom is -0.437 e. The summed E-state index contributed by atoms with van der Waals surface area (Å²) in [5.74, 6) is -0.0456. The van der Waals surface area contributed by atoms with Gasteiger partial charge in [0.25, 0.3) is 0 Å². The summed E-state index contributed by atoms with van der Waals surface area (Å²) in [4.78, 5) is 10.4. The molecule has 0 radical (unpaired) electrons. The van der Waals surface area contributed by atoms with Gasteiger partial charge < -0.3 is 4.74 Å². The summed E-state index contributed by atoms with van der Waals surface area (Å²) < 4.78 is 42.5. The molecule has 0 saturated heterocycles. The molecule has 0 aliphatic rings. The maximum Gasteiger partial charge on any atom is 0.433 e. The summed E-state index contributed by atoms with van der Waals surface area (Å²) in [6, 6.07) is 3.76. The van der Waals surface area contributed by atoms with Gasteiger partial charge in [0.2, 0.25) is 11.2 Å². The molecule has 0 aromatic carbocycles. The van der Waals surface area contributed by atoms with E-state index in [1.807, 2.05) is 0 Å². The number of alkyl halides is 3. The number of rotatable bonds is 2. The lowest BCUT2D eigenvalue weighted by Crippen LogP contribution is -2.09. The Morgan fingerprint density at radius 1 is 1.22 bits per heavy atom. The zero-order chi connectivity index (χ0) is 13.2. The van der Waals surface area contributed by atoms with Crippen LogP contribution in [0.5, 0.6) is 11.6 Å². The van der Waals surface area contributed by atoms with Crippen molar-refractivity contribution < 1.29 is 17.9 Å². The average molecular weight is 276 g/mol. The van der Waals surface area contributed by atoms with E-state index in [0.717, 1.165) is 0 Å². The molecule has 0 N–H and O–H groups in total. The summed E-state index contributed by atoms with van der Waals surface area (Å²) in [7, 11) is 0. The second-order valence-corrected chi connectivity index (χ2v) is 3.49. The molecule has 4 nitrogen and oxygen atoms in total. The van der Waals surface area contributed by atoms with Crippen LogP contribution in [0.2, 0.25) is 5.28 Å². The number of hydrogen-bond acceptors (Lipinski definition) is 4. The lowest BCUT2D eigenvalue weighted by Gasteiger charge is -2.08. The molecule has 2 aromatic rings. The van der Waals surface area contributed by atoms with Crippen LogP contribution in [0.4, 0.5) is 13.2 Å². The van der Waals surface area contributed by atoms with Gasteiger partial charge in [0, 0.05) is 12.3 Å². The highest BCUT2D eigenvalue weighted by Crippen LogP contribution is 2.31. The van der Waals surface area contributed by atoms with Gasteiger partial charge >= 0.3 is 6.18 Å². The normalized spacial score (nSPS) is 11.3. The van der Waals surface area contributed by atoms with E-state index >= 15 is 0 Å². The van der Waals surface area contributed by atoms with E-state index in [0.29, 0.717) is 6.07 Å². The number of pyridine rings is 1. The quantitative estimate of drug-likeness (QED) is 0.789. The van der Waals surface area contributed by atoms with Gasteiger partial charge in [-0.05, 0) is 23.7 Å². The topological polar surface area (TPSA) is 47.9 Å². The van der Waals surface area contributed by atoms with Gasteiger partial charge in [0.15, 0.2) is 5.69 Å². The van der Waals surface area contributed by atoms with E-state index in [2.05, 4.69) is 15.0 Å². The number of aromatic nitrogens is 3. The zero-order valence-corrected chi connectivity index (χ0v) is 9.40. The SMILES string of the molecule is FC(F)(F)c1cc(Oc2cccnc2)nc(Cl)n1. The van der Waals surface area contributed by atoms with Crippen molar-refractivity contribution >= 4 is 11.6 Å². The Hall–Kier alpha value is -1.89. The molecule has 0 amide bonds. The van der Waals surface area contributed by atoms with E-state index in [4.69, 9.17) is 16.3 Å². The number of nitrogens with zero attached hydrogens (tertiary/aromatic N) is 3. The van der Waals surface area contributed by atoms with Gasteiger partial charge in [-0.3, -0.25) is 4.98 Å². The Morgan fingerprint density at radius 2 is 2.00 bits per heavy atom. The second kappa shape index (κ2) is 4.77. The zero-order valence-electron chi connectivity index (χ0n) is 8.65. The van der Waals surface area contributed by atoms with Crippen LogP contribution >= 0.6 is 11.6 Å². The van der Waals surface area contributed by atoms with Crippen molar-refractivity contribution in [2.24, 2.45) is 0 Å². The third kappa shape index (κ3) is 3.07. The highest BCUT2D eigenvalue weighted by molar-refractivity contribution is 6.28. The van der Waals surface area contributed by atoms with Crippen LogP contribution in [0.3, 0.4) is 0 Å². The Labute approximate surface area is 104 Å². The lowest BCUT2D eigenvalue weighted by molar-refractivity contribution is -0.141. The minimum absolute atomic E-state index is 0.250. The number of halogens is 4. The first-order valence-corrected chi connectivity index (χ1v) is 5.02. The molecule has 0 bridgehead atoms. The van der Waals surface area contributed by atoms with Crippen LogP contribution in [0.25, 0.3) is 0 Å². The maximum absolute atomic E-state index is 12.5. The standard InChI is InChI=1S/C10H5ClF3N3O/c11-9-16-7(10(12,13)14)4-8(17-9)18-6-2-1-3-15-5-6/h1-5H. The average Bonchev–Trinajstić information content (AvgIpc) is 2.28. The molecular formula is C10H5ClF3N3O. The Kier molecular flexibility index (Phi) is 3.33. The summed E-state index contributed by atoms with van der Waals surface area (Å²) >= 11 is 5.40. The summed E-state index contributed by atoms with van der Waals surface area (Å²) in [5, 5.41) is -0.538. The van der Waals surface area contributed by atoms with E-state index in [9.17, 15) is 13.2 Å². The first-order valence-electron chi connectivity index (χ1n) is 4.65. The molecule has 2 heterocycles. The van der Waals surface area contributed by atoms with Crippen molar-refractivity contribution in [2.75, 3.05) is 0 Å². The van der Waals surface area contributed by atoms with Crippen molar-refractivity contribution in [3.8, 4) is 11.6 Å². The van der Waals surface area contributed by atoms with Gasteiger partial charge in [-0.15, -0.1) is 0 Å². The van der Waals surface area contributed by atoms with E-state index in [-0.39, 0.29) is 11.6 Å². The molecule has 2 rings (SSSR count). The smallest absolute Gasteiger partial charge is 0.433 e. The Balaban J connectivity index is 2.32. The lowest BCUT2D eigenvalue weighted by atomic mass is 10.4. The molecule has 0 saturated carbocycles. The minimum atomic E-state index is -4.61. The molecular weight excluding hydrogens is 271 g/mol. The predicted octanol–water partition coefficient (Wildman–Crippen LogP) is 3.34. The molecule has 94 valence electrons. The summed E-state index contributed by atoms with van der Waals surface area (Å²) in [5.41, 5.74) is -1.17. The van der Waals surface area contributed by atoms with Gasteiger partial charge in [0.1, 0.15) is 5.75 Å². The van der Waals surface area contributed by atoms with Gasteiger partial charge in [-0.2, -0.15) is 18.2 Å². The van der Waals surface area contributed by atoms with Crippen LogP contribution in [0.15, 0.2) is 30.6 Å². The van der Waals surface area contributed by atoms with E-state index < -0.39 is 17.2 Å². The fourth-order valence-corrected chi connectivity index (χ4v) is 1.30. The molecule has 0 atom stereocenters. The predicted molar refractivity (Wildman–Crippen MR) is 56.4 cm³/mol. The molecule has 0 aliphatic carbocycles. The molecule has 0 spiro atoms. The molecule has 8 heteroatoms.